The van der Waals surface area contributed by atoms with Crippen LogP contribution in [0.25, 0.3) is 21.3 Å². The van der Waals surface area contributed by atoms with Crippen molar-refractivity contribution >= 4 is 27.5 Å². The van der Waals surface area contributed by atoms with Gasteiger partial charge in [0.15, 0.2) is 11.4 Å². The fourth-order valence-electron chi connectivity index (χ4n) is 3.84. The molecule has 0 radical (unpaired) electrons. The summed E-state index contributed by atoms with van der Waals surface area (Å²) in [5.74, 6) is 0.586. The van der Waals surface area contributed by atoms with Crippen LogP contribution in [0.1, 0.15) is 32.2 Å². The second-order valence-corrected chi connectivity index (χ2v) is 9.34. The van der Waals surface area contributed by atoms with Crippen LogP contribution in [0.15, 0.2) is 66.2 Å². The van der Waals surface area contributed by atoms with Gasteiger partial charge in [0, 0.05) is 28.3 Å². The number of nitrogens with zero attached hydrogens (tertiary/aromatic N) is 1. The lowest BCUT2D eigenvalue weighted by molar-refractivity contribution is -0.0766. The van der Waals surface area contributed by atoms with Crippen molar-refractivity contribution in [2.75, 3.05) is 0 Å². The van der Waals surface area contributed by atoms with E-state index in [0.717, 1.165) is 22.2 Å². The van der Waals surface area contributed by atoms with E-state index in [-0.39, 0.29) is 0 Å². The fourth-order valence-corrected chi connectivity index (χ4v) is 4.80. The molecule has 4 rings (SSSR count). The maximum absolute atomic E-state index is 12.1. The Hall–Kier alpha value is -3.12. The number of primary amides is 1. The van der Waals surface area contributed by atoms with Gasteiger partial charge in [0.05, 0.1) is 5.69 Å². The highest BCUT2D eigenvalue weighted by Gasteiger charge is 2.50. The summed E-state index contributed by atoms with van der Waals surface area (Å²) in [6, 6.07) is 18.1. The summed E-state index contributed by atoms with van der Waals surface area (Å²) >= 11 is 1.68. The molecule has 2 aromatic heterocycles. The molecule has 30 heavy (non-hydrogen) atoms. The zero-order valence-corrected chi connectivity index (χ0v) is 18.1. The number of nitrogens with two attached hydrogens (primary N) is 1. The van der Waals surface area contributed by atoms with Crippen LogP contribution in [-0.2, 0) is 16.8 Å². The molecule has 0 saturated heterocycles. The Balaban J connectivity index is 1.85. The van der Waals surface area contributed by atoms with E-state index in [1.54, 1.807) is 11.3 Å². The molecule has 0 fully saturated rings. The standard InChI is InChI=1S/C24H25N3O2S/c1-23(2,3)24(29-22(25)28,13-17-15-30-20-12-8-7-11-18(17)20)21-26-14-19(27-21)16-9-5-4-6-10-16/h4-12,14-15H,13H2,1-3H3,(H2,25,28)(H,26,27). The first-order chi connectivity index (χ1) is 14.3. The SMILES string of the molecule is CC(C)(C)C(Cc1csc2ccccc12)(OC(N)=O)c1nc(-c2ccccc2)c[nH]1. The first kappa shape index (κ1) is 20.2. The van der Waals surface area contributed by atoms with Gasteiger partial charge < -0.3 is 15.5 Å². The smallest absolute Gasteiger partial charge is 0.405 e. The number of rotatable bonds is 5. The minimum absolute atomic E-state index is 0.463. The number of hydrogen-bond donors (Lipinski definition) is 2. The molecule has 5 nitrogen and oxygen atoms in total. The maximum Gasteiger partial charge on any atom is 0.405 e. The van der Waals surface area contributed by atoms with Gasteiger partial charge in [0.1, 0.15) is 0 Å². The van der Waals surface area contributed by atoms with Crippen LogP contribution < -0.4 is 5.73 Å². The molecule has 4 aromatic rings. The van der Waals surface area contributed by atoms with Crippen molar-refractivity contribution in [1.82, 2.24) is 9.97 Å². The average Bonchev–Trinajstić information content (AvgIpc) is 3.35. The molecule has 3 N–H and O–H groups in total. The zero-order valence-electron chi connectivity index (χ0n) is 17.3. The van der Waals surface area contributed by atoms with Crippen LogP contribution in [0.5, 0.6) is 0 Å². The van der Waals surface area contributed by atoms with Crippen molar-refractivity contribution in [1.29, 1.82) is 0 Å². The summed E-state index contributed by atoms with van der Waals surface area (Å²) in [6.07, 6.45) is 1.49. The number of carbonyl (C=O) groups excluding carboxylic acids is 1. The van der Waals surface area contributed by atoms with E-state index >= 15 is 0 Å². The summed E-state index contributed by atoms with van der Waals surface area (Å²) in [6.45, 7) is 6.11. The highest BCUT2D eigenvalue weighted by molar-refractivity contribution is 7.17. The van der Waals surface area contributed by atoms with Gasteiger partial charge in [-0.15, -0.1) is 11.3 Å². The normalized spacial score (nSPS) is 13.8. The highest BCUT2D eigenvalue weighted by Crippen LogP contribution is 2.46. The molecule has 1 unspecified atom stereocenters. The van der Waals surface area contributed by atoms with Crippen molar-refractivity contribution in [2.24, 2.45) is 11.1 Å². The zero-order chi connectivity index (χ0) is 21.4. The van der Waals surface area contributed by atoms with Gasteiger partial charge in [-0.3, -0.25) is 0 Å². The van der Waals surface area contributed by atoms with Gasteiger partial charge in [-0.2, -0.15) is 0 Å². The van der Waals surface area contributed by atoms with Gasteiger partial charge in [0.25, 0.3) is 0 Å². The summed E-state index contributed by atoms with van der Waals surface area (Å²) < 4.78 is 7.10. The van der Waals surface area contributed by atoms with Crippen molar-refractivity contribution in [3.63, 3.8) is 0 Å². The number of carbonyl (C=O) groups is 1. The van der Waals surface area contributed by atoms with E-state index in [9.17, 15) is 4.79 Å². The number of thiophene rings is 1. The van der Waals surface area contributed by atoms with Crippen LogP contribution >= 0.6 is 11.3 Å². The van der Waals surface area contributed by atoms with Crippen molar-refractivity contribution in [3.8, 4) is 11.3 Å². The quantitative estimate of drug-likeness (QED) is 0.424. The lowest BCUT2D eigenvalue weighted by Crippen LogP contribution is -2.48. The largest absolute Gasteiger partial charge is 0.434 e. The van der Waals surface area contributed by atoms with Crippen LogP contribution in [0.4, 0.5) is 4.79 Å². The van der Waals surface area contributed by atoms with E-state index in [4.69, 9.17) is 15.5 Å². The molecular weight excluding hydrogens is 394 g/mol. The molecule has 0 aliphatic rings. The molecule has 1 amide bonds. The predicted molar refractivity (Wildman–Crippen MR) is 121 cm³/mol. The minimum Gasteiger partial charge on any atom is -0.434 e. The van der Waals surface area contributed by atoms with Crippen molar-refractivity contribution < 1.29 is 9.53 Å². The number of H-pyrrole nitrogens is 1. The molecule has 2 heterocycles. The number of nitrogens with one attached hydrogen (secondary N) is 1. The molecule has 0 bridgehead atoms. The second-order valence-electron chi connectivity index (χ2n) is 8.43. The summed E-state index contributed by atoms with van der Waals surface area (Å²) in [5, 5.41) is 3.27. The minimum atomic E-state index is -1.06. The van der Waals surface area contributed by atoms with E-state index < -0.39 is 17.1 Å². The number of fused-ring (bicyclic) bond motifs is 1. The van der Waals surface area contributed by atoms with Gasteiger partial charge in [0.2, 0.25) is 0 Å². The Morgan fingerprint density at radius 3 is 2.50 bits per heavy atom. The van der Waals surface area contributed by atoms with Gasteiger partial charge in [-0.25, -0.2) is 9.78 Å². The second kappa shape index (κ2) is 7.61. The third kappa shape index (κ3) is 3.59. The molecule has 154 valence electrons. The van der Waals surface area contributed by atoms with E-state index in [1.807, 2.05) is 69.4 Å². The number of ether oxygens (including phenoxy) is 1. The number of aromatic amines is 1. The molecular formula is C24H25N3O2S. The molecule has 0 aliphatic heterocycles. The molecule has 2 aromatic carbocycles. The van der Waals surface area contributed by atoms with Crippen molar-refractivity contribution in [3.05, 3.63) is 77.6 Å². The molecule has 1 atom stereocenters. The molecule has 6 heteroatoms. The number of imidazole rings is 1. The lowest BCUT2D eigenvalue weighted by Gasteiger charge is -2.42. The fraction of sp³-hybridized carbons (Fsp3) is 0.250. The van der Waals surface area contributed by atoms with E-state index in [0.29, 0.717) is 12.2 Å². The van der Waals surface area contributed by atoms with Crippen LogP contribution in [-0.4, -0.2) is 16.1 Å². The topological polar surface area (TPSA) is 81.0 Å². The Labute approximate surface area is 179 Å². The van der Waals surface area contributed by atoms with Crippen LogP contribution in [0, 0.1) is 5.41 Å². The maximum atomic E-state index is 12.1. The average molecular weight is 420 g/mol. The Kier molecular flexibility index (Phi) is 5.12. The van der Waals surface area contributed by atoms with E-state index in [2.05, 4.69) is 22.5 Å². The Morgan fingerprint density at radius 2 is 1.80 bits per heavy atom. The molecule has 0 saturated carbocycles. The Bertz CT molecular complexity index is 1170. The number of hydrogen-bond acceptors (Lipinski definition) is 4. The Morgan fingerprint density at radius 1 is 1.10 bits per heavy atom. The first-order valence-electron chi connectivity index (χ1n) is 9.85. The number of benzene rings is 2. The predicted octanol–water partition coefficient (Wildman–Crippen LogP) is 5.87. The van der Waals surface area contributed by atoms with Gasteiger partial charge >= 0.3 is 6.09 Å². The summed E-state index contributed by atoms with van der Waals surface area (Å²) in [5.41, 5.74) is 6.92. The van der Waals surface area contributed by atoms with Gasteiger partial charge in [-0.1, -0.05) is 69.3 Å². The summed E-state index contributed by atoms with van der Waals surface area (Å²) in [4.78, 5) is 20.2. The summed E-state index contributed by atoms with van der Waals surface area (Å²) in [7, 11) is 0. The molecule has 0 spiro atoms. The van der Waals surface area contributed by atoms with E-state index in [1.165, 1.54) is 4.70 Å². The first-order valence-corrected chi connectivity index (χ1v) is 10.7. The molecule has 0 aliphatic carbocycles. The van der Waals surface area contributed by atoms with Gasteiger partial charge in [-0.05, 0) is 22.4 Å². The number of amides is 1. The number of aromatic nitrogens is 2. The monoisotopic (exact) mass is 419 g/mol. The third-order valence-corrected chi connectivity index (χ3v) is 6.53. The van der Waals surface area contributed by atoms with Crippen LogP contribution in [0.2, 0.25) is 0 Å². The highest BCUT2D eigenvalue weighted by atomic mass is 32.1. The van der Waals surface area contributed by atoms with Crippen molar-refractivity contribution in [2.45, 2.75) is 32.8 Å². The lowest BCUT2D eigenvalue weighted by atomic mass is 9.72. The third-order valence-electron chi connectivity index (χ3n) is 5.52. The van der Waals surface area contributed by atoms with Crippen LogP contribution in [0.3, 0.4) is 0 Å².